The summed E-state index contributed by atoms with van der Waals surface area (Å²) in [5.41, 5.74) is -0.754. The average Bonchev–Trinajstić information content (AvgIpc) is 2.72. The van der Waals surface area contributed by atoms with Crippen LogP contribution in [-0.4, -0.2) is 19.1 Å². The van der Waals surface area contributed by atoms with Crippen LogP contribution in [0.15, 0.2) is 42.5 Å². The van der Waals surface area contributed by atoms with Crippen molar-refractivity contribution in [3.63, 3.8) is 0 Å². The second-order valence-corrected chi connectivity index (χ2v) is 7.56. The Balaban J connectivity index is 2.21. The number of benzene rings is 2. The van der Waals surface area contributed by atoms with Crippen molar-refractivity contribution in [2.45, 2.75) is 45.5 Å². The van der Waals surface area contributed by atoms with Gasteiger partial charge >= 0.3 is 6.18 Å². The van der Waals surface area contributed by atoms with Crippen molar-refractivity contribution >= 4 is 5.91 Å². The number of methoxy groups -OCH3 is 1. The molecule has 0 saturated heterocycles. The van der Waals surface area contributed by atoms with E-state index in [-0.39, 0.29) is 17.7 Å². The van der Waals surface area contributed by atoms with Gasteiger partial charge in [-0.1, -0.05) is 26.0 Å². The van der Waals surface area contributed by atoms with Crippen LogP contribution < -0.4 is 14.8 Å². The maximum absolute atomic E-state index is 13.2. The van der Waals surface area contributed by atoms with Gasteiger partial charge in [-0.15, -0.1) is 0 Å². The lowest BCUT2D eigenvalue weighted by atomic mass is 10.0. The number of alkyl halides is 3. The second-order valence-electron chi connectivity index (χ2n) is 7.56. The smallest absolute Gasteiger partial charge is 0.417 e. The number of amides is 1. The van der Waals surface area contributed by atoms with Crippen molar-refractivity contribution in [1.29, 1.82) is 5.26 Å². The first-order valence-corrected chi connectivity index (χ1v) is 9.77. The maximum atomic E-state index is 13.2. The molecule has 1 unspecified atom stereocenters. The molecule has 0 heterocycles. The van der Waals surface area contributed by atoms with Gasteiger partial charge in [0, 0.05) is 0 Å². The molecule has 2 aromatic carbocycles. The van der Waals surface area contributed by atoms with E-state index in [0.717, 1.165) is 17.7 Å². The molecule has 8 heteroatoms. The van der Waals surface area contributed by atoms with Gasteiger partial charge in [-0.25, -0.2) is 0 Å². The quantitative estimate of drug-likeness (QED) is 0.616. The predicted octanol–water partition coefficient (Wildman–Crippen LogP) is 5.26. The molecule has 1 N–H and O–H groups in total. The van der Waals surface area contributed by atoms with Crippen molar-refractivity contribution in [3.8, 4) is 17.6 Å². The third-order valence-electron chi connectivity index (χ3n) is 4.65. The maximum Gasteiger partial charge on any atom is 0.417 e. The normalized spacial score (nSPS) is 13.3. The Kier molecular flexibility index (Phi) is 7.92. The molecule has 2 atom stereocenters. The van der Waals surface area contributed by atoms with Crippen LogP contribution in [0.2, 0.25) is 0 Å². The van der Waals surface area contributed by atoms with Crippen molar-refractivity contribution < 1.29 is 27.4 Å². The molecule has 0 aliphatic heterocycles. The molecule has 5 nitrogen and oxygen atoms in total. The lowest BCUT2D eigenvalue weighted by molar-refractivity contribution is -0.137. The van der Waals surface area contributed by atoms with Crippen LogP contribution in [0, 0.1) is 17.2 Å². The molecule has 2 aromatic rings. The summed E-state index contributed by atoms with van der Waals surface area (Å²) < 4.78 is 50.5. The lowest BCUT2D eigenvalue weighted by Gasteiger charge is -2.23. The number of nitriles is 1. The fraction of sp³-hybridized carbons (Fsp3) is 0.391. The van der Waals surface area contributed by atoms with Gasteiger partial charge in [0.25, 0.3) is 5.91 Å². The molecule has 2 rings (SSSR count). The Morgan fingerprint density at radius 3 is 2.23 bits per heavy atom. The number of rotatable bonds is 8. The van der Waals surface area contributed by atoms with E-state index in [1.165, 1.54) is 12.1 Å². The minimum Gasteiger partial charge on any atom is -0.497 e. The summed E-state index contributed by atoms with van der Waals surface area (Å²) in [6, 6.07) is 11.4. The first-order valence-electron chi connectivity index (χ1n) is 9.77. The van der Waals surface area contributed by atoms with Gasteiger partial charge in [-0.05, 0) is 55.2 Å². The topological polar surface area (TPSA) is 71.3 Å². The molecule has 0 spiro atoms. The third kappa shape index (κ3) is 6.64. The van der Waals surface area contributed by atoms with Crippen LogP contribution >= 0.6 is 0 Å². The zero-order valence-electron chi connectivity index (χ0n) is 17.8. The van der Waals surface area contributed by atoms with Crippen LogP contribution in [0.5, 0.6) is 11.5 Å². The number of carbonyl (C=O) groups excluding carboxylic acids is 1. The van der Waals surface area contributed by atoms with Gasteiger partial charge in [-0.2, -0.15) is 18.4 Å². The molecular formula is C23H25F3N2O3. The monoisotopic (exact) mass is 434 g/mol. The van der Waals surface area contributed by atoms with E-state index in [1.807, 2.05) is 26.0 Å². The van der Waals surface area contributed by atoms with E-state index in [9.17, 15) is 18.0 Å². The SMILES string of the molecule is COc1ccc([C@H](C)NC(=O)C(CC(C)C)Oc2ccc(C#N)c(C(F)(F)F)c2)cc1. The lowest BCUT2D eigenvalue weighted by Crippen LogP contribution is -2.40. The summed E-state index contributed by atoms with van der Waals surface area (Å²) in [5, 5.41) is 11.8. The Morgan fingerprint density at radius 1 is 1.10 bits per heavy atom. The summed E-state index contributed by atoms with van der Waals surface area (Å²) >= 11 is 0. The third-order valence-corrected chi connectivity index (χ3v) is 4.65. The van der Waals surface area contributed by atoms with E-state index in [1.54, 1.807) is 26.2 Å². The zero-order chi connectivity index (χ0) is 23.2. The number of nitrogens with one attached hydrogen (secondary N) is 1. The van der Waals surface area contributed by atoms with Crippen LogP contribution in [0.4, 0.5) is 13.2 Å². The zero-order valence-corrected chi connectivity index (χ0v) is 17.8. The standard InChI is InChI=1S/C23H25F3N2O3/c1-14(2)11-21(22(29)28-15(3)16-5-8-18(30-4)9-6-16)31-19-10-7-17(13-27)20(12-19)23(24,25)26/h5-10,12,14-15,21H,11H2,1-4H3,(H,28,29)/t15-,21?/m0/s1. The van der Waals surface area contributed by atoms with E-state index >= 15 is 0 Å². The highest BCUT2D eigenvalue weighted by atomic mass is 19.4. The minimum absolute atomic E-state index is 0.0625. The first kappa shape index (κ1) is 24.1. The average molecular weight is 434 g/mol. The fourth-order valence-corrected chi connectivity index (χ4v) is 3.01. The van der Waals surface area contributed by atoms with E-state index < -0.39 is 29.3 Å². The molecule has 0 radical (unpaired) electrons. The Labute approximate surface area is 179 Å². The molecule has 0 aliphatic carbocycles. The molecule has 166 valence electrons. The van der Waals surface area contributed by atoms with Crippen LogP contribution in [-0.2, 0) is 11.0 Å². The van der Waals surface area contributed by atoms with Crippen LogP contribution in [0.3, 0.4) is 0 Å². The predicted molar refractivity (Wildman–Crippen MR) is 110 cm³/mol. The van der Waals surface area contributed by atoms with E-state index in [0.29, 0.717) is 12.2 Å². The highest BCUT2D eigenvalue weighted by Gasteiger charge is 2.34. The van der Waals surface area contributed by atoms with Gasteiger partial charge in [0.2, 0.25) is 0 Å². The molecule has 0 aromatic heterocycles. The number of carbonyl (C=O) groups is 1. The molecular weight excluding hydrogens is 409 g/mol. The summed E-state index contributed by atoms with van der Waals surface area (Å²) in [6.45, 7) is 5.57. The Morgan fingerprint density at radius 2 is 1.71 bits per heavy atom. The molecule has 0 fully saturated rings. The molecule has 31 heavy (non-hydrogen) atoms. The van der Waals surface area contributed by atoms with Crippen molar-refractivity contribution in [1.82, 2.24) is 5.32 Å². The number of hydrogen-bond donors (Lipinski definition) is 1. The van der Waals surface area contributed by atoms with Gasteiger partial charge in [-0.3, -0.25) is 4.79 Å². The Hall–Kier alpha value is -3.21. The number of nitrogens with zero attached hydrogens (tertiary/aromatic N) is 1. The van der Waals surface area contributed by atoms with Crippen molar-refractivity contribution in [2.75, 3.05) is 7.11 Å². The Bertz CT molecular complexity index is 935. The van der Waals surface area contributed by atoms with Gasteiger partial charge in [0.15, 0.2) is 6.10 Å². The molecule has 0 aliphatic rings. The summed E-state index contributed by atoms with van der Waals surface area (Å²) in [6.07, 6.45) is -5.39. The number of ether oxygens (including phenoxy) is 2. The van der Waals surface area contributed by atoms with Crippen molar-refractivity contribution in [3.05, 3.63) is 59.2 Å². The summed E-state index contributed by atoms with van der Waals surface area (Å²) in [4.78, 5) is 12.9. The number of hydrogen-bond acceptors (Lipinski definition) is 4. The molecule has 1 amide bonds. The minimum atomic E-state index is -4.71. The van der Waals surface area contributed by atoms with Gasteiger partial charge < -0.3 is 14.8 Å². The van der Waals surface area contributed by atoms with E-state index in [2.05, 4.69) is 5.32 Å². The second kappa shape index (κ2) is 10.2. The highest BCUT2D eigenvalue weighted by Crippen LogP contribution is 2.34. The van der Waals surface area contributed by atoms with Gasteiger partial charge in [0.1, 0.15) is 11.5 Å². The van der Waals surface area contributed by atoms with Crippen LogP contribution in [0.1, 0.15) is 49.9 Å². The first-order chi connectivity index (χ1) is 14.5. The largest absolute Gasteiger partial charge is 0.497 e. The van der Waals surface area contributed by atoms with Crippen LogP contribution in [0.25, 0.3) is 0 Å². The van der Waals surface area contributed by atoms with E-state index in [4.69, 9.17) is 14.7 Å². The molecule has 0 saturated carbocycles. The number of halogens is 3. The fourth-order valence-electron chi connectivity index (χ4n) is 3.01. The molecule has 0 bridgehead atoms. The summed E-state index contributed by atoms with van der Waals surface area (Å²) in [7, 11) is 1.56. The highest BCUT2D eigenvalue weighted by molar-refractivity contribution is 5.81. The van der Waals surface area contributed by atoms with Crippen molar-refractivity contribution in [2.24, 2.45) is 5.92 Å². The summed E-state index contributed by atoms with van der Waals surface area (Å²) in [5.74, 6) is 0.191. The van der Waals surface area contributed by atoms with Gasteiger partial charge in [0.05, 0.1) is 30.3 Å².